The van der Waals surface area contributed by atoms with E-state index in [9.17, 15) is 0 Å². The molecule has 3 aromatic rings. The largest absolute Gasteiger partial charge is 0.497 e. The van der Waals surface area contributed by atoms with Gasteiger partial charge in [-0.1, -0.05) is 30.3 Å². The molecule has 2 aromatic carbocycles. The summed E-state index contributed by atoms with van der Waals surface area (Å²) in [5.41, 5.74) is 4.82. The van der Waals surface area contributed by atoms with E-state index in [-0.39, 0.29) is 0 Å². The third-order valence-corrected chi connectivity index (χ3v) is 3.32. The smallest absolute Gasteiger partial charge is 0.242 e. The molecule has 0 spiro atoms. The third kappa shape index (κ3) is 4.42. The second kappa shape index (κ2) is 7.59. The van der Waals surface area contributed by atoms with Gasteiger partial charge in [0.25, 0.3) is 0 Å². The summed E-state index contributed by atoms with van der Waals surface area (Å²) in [5, 5.41) is 4.98. The highest BCUT2D eigenvalue weighted by molar-refractivity contribution is 5.62. The molecule has 0 saturated carbocycles. The summed E-state index contributed by atoms with van der Waals surface area (Å²) in [7, 11) is 5.38. The molecule has 2 N–H and O–H groups in total. The summed E-state index contributed by atoms with van der Waals surface area (Å²) >= 11 is 0. The predicted molar refractivity (Wildman–Crippen MR) is 98.8 cm³/mol. The zero-order chi connectivity index (χ0) is 17.6. The Morgan fingerprint density at radius 1 is 0.880 bits per heavy atom. The molecule has 7 nitrogen and oxygen atoms in total. The Morgan fingerprint density at radius 3 is 2.36 bits per heavy atom. The minimum Gasteiger partial charge on any atom is -0.497 e. The number of aromatic nitrogens is 3. The number of hydrazine groups is 1. The van der Waals surface area contributed by atoms with Crippen LogP contribution < -0.4 is 15.5 Å². The summed E-state index contributed by atoms with van der Waals surface area (Å²) in [4.78, 5) is 13.4. The van der Waals surface area contributed by atoms with Crippen LogP contribution in [0.2, 0.25) is 0 Å². The normalized spacial score (nSPS) is 10.6. The monoisotopic (exact) mass is 336 g/mol. The molecule has 0 radical (unpaired) electrons. The molecule has 0 aliphatic carbocycles. The number of nitrogens with zero attached hydrogens (tertiary/aromatic N) is 4. The Morgan fingerprint density at radius 2 is 1.64 bits per heavy atom. The van der Waals surface area contributed by atoms with E-state index < -0.39 is 0 Å². The fourth-order valence-electron chi connectivity index (χ4n) is 2.22. The number of ether oxygens (including phenoxy) is 1. The van der Waals surface area contributed by atoms with Crippen LogP contribution in [0.4, 0.5) is 17.6 Å². The van der Waals surface area contributed by atoms with Crippen LogP contribution in [0.15, 0.2) is 54.6 Å². The van der Waals surface area contributed by atoms with Gasteiger partial charge in [-0.3, -0.25) is 5.43 Å². The van der Waals surface area contributed by atoms with Crippen LogP contribution in [0.3, 0.4) is 0 Å². The van der Waals surface area contributed by atoms with Gasteiger partial charge in [-0.25, -0.2) is 5.01 Å². The van der Waals surface area contributed by atoms with Gasteiger partial charge in [0.2, 0.25) is 11.9 Å². The molecule has 0 atom stereocenters. The number of benzene rings is 2. The highest BCUT2D eigenvalue weighted by atomic mass is 16.5. The van der Waals surface area contributed by atoms with E-state index in [0.717, 1.165) is 17.0 Å². The Balaban J connectivity index is 2.00. The molecular formula is C18H20N6O. The standard InChI is InChI=1S/C18H20N6O/c1-24(2)23-18-21-16(13-8-7-11-15(12-13)25-3)20-17(22-18)19-14-9-5-4-6-10-14/h4-12H,1-3H3,(H2,19,20,21,22,23). The van der Waals surface area contributed by atoms with Gasteiger partial charge in [-0.15, -0.1) is 0 Å². The molecule has 1 aromatic heterocycles. The summed E-state index contributed by atoms with van der Waals surface area (Å²) in [6.07, 6.45) is 0. The van der Waals surface area contributed by atoms with Crippen molar-refractivity contribution in [3.8, 4) is 17.1 Å². The number of hydrogen-bond donors (Lipinski definition) is 2. The lowest BCUT2D eigenvalue weighted by Gasteiger charge is -2.14. The molecule has 25 heavy (non-hydrogen) atoms. The van der Waals surface area contributed by atoms with Crippen molar-refractivity contribution in [2.24, 2.45) is 0 Å². The maximum Gasteiger partial charge on any atom is 0.242 e. The molecule has 0 unspecified atom stereocenters. The number of nitrogens with one attached hydrogen (secondary N) is 2. The molecule has 0 fully saturated rings. The van der Waals surface area contributed by atoms with Crippen molar-refractivity contribution in [1.29, 1.82) is 0 Å². The highest BCUT2D eigenvalue weighted by Gasteiger charge is 2.10. The maximum absolute atomic E-state index is 5.29. The fraction of sp³-hybridized carbons (Fsp3) is 0.167. The molecular weight excluding hydrogens is 316 g/mol. The second-order valence-electron chi connectivity index (χ2n) is 5.54. The van der Waals surface area contributed by atoms with E-state index in [1.807, 2.05) is 68.7 Å². The predicted octanol–water partition coefficient (Wildman–Crippen LogP) is 3.18. The van der Waals surface area contributed by atoms with Crippen molar-refractivity contribution in [1.82, 2.24) is 20.0 Å². The van der Waals surface area contributed by atoms with Crippen LogP contribution in [0.5, 0.6) is 5.75 Å². The first-order chi connectivity index (χ1) is 12.1. The second-order valence-corrected chi connectivity index (χ2v) is 5.54. The molecule has 0 bridgehead atoms. The van der Waals surface area contributed by atoms with Crippen LogP contribution in [-0.2, 0) is 0 Å². The van der Waals surface area contributed by atoms with Crippen LogP contribution >= 0.6 is 0 Å². The number of rotatable bonds is 6. The van der Waals surface area contributed by atoms with E-state index in [4.69, 9.17) is 4.74 Å². The minimum absolute atomic E-state index is 0.455. The van der Waals surface area contributed by atoms with Crippen molar-refractivity contribution in [2.75, 3.05) is 31.9 Å². The van der Waals surface area contributed by atoms with Crippen molar-refractivity contribution in [3.05, 3.63) is 54.6 Å². The lowest BCUT2D eigenvalue weighted by atomic mass is 10.2. The summed E-state index contributed by atoms with van der Waals surface area (Å²) in [6, 6.07) is 17.4. The van der Waals surface area contributed by atoms with Crippen molar-refractivity contribution < 1.29 is 4.74 Å². The number of anilines is 3. The van der Waals surface area contributed by atoms with Gasteiger partial charge >= 0.3 is 0 Å². The van der Waals surface area contributed by atoms with E-state index in [2.05, 4.69) is 25.7 Å². The molecule has 0 amide bonds. The minimum atomic E-state index is 0.455. The summed E-state index contributed by atoms with van der Waals surface area (Å²) in [6.45, 7) is 0. The molecule has 0 aliphatic rings. The Hall–Kier alpha value is -3.19. The summed E-state index contributed by atoms with van der Waals surface area (Å²) < 4.78 is 5.29. The zero-order valence-corrected chi connectivity index (χ0v) is 14.4. The number of hydrogen-bond acceptors (Lipinski definition) is 7. The number of para-hydroxylation sites is 1. The molecule has 0 aliphatic heterocycles. The van der Waals surface area contributed by atoms with Crippen LogP contribution in [0, 0.1) is 0 Å². The molecule has 128 valence electrons. The van der Waals surface area contributed by atoms with Crippen molar-refractivity contribution in [2.45, 2.75) is 0 Å². The van der Waals surface area contributed by atoms with E-state index >= 15 is 0 Å². The van der Waals surface area contributed by atoms with Gasteiger partial charge in [-0.2, -0.15) is 15.0 Å². The average molecular weight is 336 g/mol. The lowest BCUT2D eigenvalue weighted by Crippen LogP contribution is -2.22. The van der Waals surface area contributed by atoms with Crippen LogP contribution in [-0.4, -0.2) is 41.2 Å². The molecule has 0 saturated heterocycles. The first kappa shape index (κ1) is 16.7. The fourth-order valence-corrected chi connectivity index (χ4v) is 2.22. The molecule has 1 heterocycles. The summed E-state index contributed by atoms with van der Waals surface area (Å²) in [5.74, 6) is 2.22. The number of methoxy groups -OCH3 is 1. The topological polar surface area (TPSA) is 75.2 Å². The van der Waals surface area contributed by atoms with Gasteiger partial charge in [0.05, 0.1) is 7.11 Å². The van der Waals surface area contributed by atoms with Crippen LogP contribution in [0.1, 0.15) is 0 Å². The van der Waals surface area contributed by atoms with Gasteiger partial charge in [0.1, 0.15) is 5.75 Å². The highest BCUT2D eigenvalue weighted by Crippen LogP contribution is 2.23. The van der Waals surface area contributed by atoms with Crippen molar-refractivity contribution >= 4 is 17.6 Å². The average Bonchev–Trinajstić information content (AvgIpc) is 2.62. The van der Waals surface area contributed by atoms with Gasteiger partial charge in [0, 0.05) is 25.3 Å². The van der Waals surface area contributed by atoms with Crippen LogP contribution in [0.25, 0.3) is 11.4 Å². The van der Waals surface area contributed by atoms with E-state index in [1.54, 1.807) is 12.1 Å². The van der Waals surface area contributed by atoms with Crippen molar-refractivity contribution in [3.63, 3.8) is 0 Å². The lowest BCUT2D eigenvalue weighted by molar-refractivity contribution is 0.415. The Bertz CT molecular complexity index is 838. The quantitative estimate of drug-likeness (QED) is 0.670. The van der Waals surface area contributed by atoms with Gasteiger partial charge in [0.15, 0.2) is 5.82 Å². The van der Waals surface area contributed by atoms with Gasteiger partial charge in [-0.05, 0) is 24.3 Å². The Kier molecular flexibility index (Phi) is 5.06. The third-order valence-electron chi connectivity index (χ3n) is 3.32. The van der Waals surface area contributed by atoms with E-state index in [1.165, 1.54) is 0 Å². The first-order valence-electron chi connectivity index (χ1n) is 7.80. The Labute approximate surface area is 146 Å². The maximum atomic E-state index is 5.29. The van der Waals surface area contributed by atoms with Gasteiger partial charge < -0.3 is 10.1 Å². The molecule has 7 heteroatoms. The molecule has 3 rings (SSSR count). The SMILES string of the molecule is COc1cccc(-c2nc(Nc3ccccc3)nc(NN(C)C)n2)c1. The van der Waals surface area contributed by atoms with E-state index in [0.29, 0.717) is 17.7 Å². The first-order valence-corrected chi connectivity index (χ1v) is 7.80. The zero-order valence-electron chi connectivity index (χ0n) is 14.4.